The summed E-state index contributed by atoms with van der Waals surface area (Å²) in [5.74, 6) is 0.235. The van der Waals surface area contributed by atoms with E-state index < -0.39 is 9.84 Å². The Kier molecular flexibility index (Phi) is 7.20. The minimum absolute atomic E-state index is 0.0356. The fourth-order valence-electron chi connectivity index (χ4n) is 2.91. The first kappa shape index (κ1) is 19.7. The van der Waals surface area contributed by atoms with Crippen LogP contribution in [0, 0.1) is 12.8 Å². The maximum atomic E-state index is 12.3. The second kappa shape index (κ2) is 9.15. The van der Waals surface area contributed by atoms with Crippen molar-refractivity contribution in [2.24, 2.45) is 5.92 Å². The maximum absolute atomic E-state index is 12.3. The molecule has 5 nitrogen and oxygen atoms in total. The second-order valence-electron chi connectivity index (χ2n) is 6.53. The lowest BCUT2D eigenvalue weighted by atomic mass is 9.97. The van der Waals surface area contributed by atoms with E-state index in [1.165, 1.54) is 0 Å². The Morgan fingerprint density at radius 1 is 1.28 bits per heavy atom. The fraction of sp³-hybridized carbons (Fsp3) is 0.526. The van der Waals surface area contributed by atoms with E-state index in [0.717, 1.165) is 18.4 Å². The molecule has 25 heavy (non-hydrogen) atoms. The molecule has 2 rings (SSSR count). The van der Waals surface area contributed by atoms with Crippen molar-refractivity contribution >= 4 is 15.7 Å². The lowest BCUT2D eigenvalue weighted by molar-refractivity contribution is -0.132. The van der Waals surface area contributed by atoms with E-state index in [0.29, 0.717) is 32.2 Å². The molecule has 6 heteroatoms. The second-order valence-corrected chi connectivity index (χ2v) is 8.64. The largest absolute Gasteiger partial charge is 0.377 e. The molecule has 0 atom stereocenters. The van der Waals surface area contributed by atoms with Crippen molar-refractivity contribution in [2.45, 2.75) is 31.1 Å². The predicted octanol–water partition coefficient (Wildman–Crippen LogP) is 2.60. The molecule has 1 amide bonds. The SMILES string of the molecule is C=CCOCC1CCN(C(=O)CCS(=O)(=O)c2ccc(C)cc2)CC1. The standard InChI is InChI=1S/C19H27NO4S/c1-3-13-24-15-17-8-11-20(12-9-17)19(21)10-14-25(22,23)18-6-4-16(2)5-7-18/h3-7,17H,1,8-15H2,2H3. The van der Waals surface area contributed by atoms with E-state index in [4.69, 9.17) is 4.74 Å². The highest BCUT2D eigenvalue weighted by Gasteiger charge is 2.24. The van der Waals surface area contributed by atoms with Gasteiger partial charge in [0, 0.05) is 26.1 Å². The average molecular weight is 365 g/mol. The summed E-state index contributed by atoms with van der Waals surface area (Å²) in [6, 6.07) is 6.75. The van der Waals surface area contributed by atoms with E-state index in [1.54, 1.807) is 35.2 Å². The van der Waals surface area contributed by atoms with Crippen molar-refractivity contribution in [1.29, 1.82) is 0 Å². The Morgan fingerprint density at radius 3 is 2.52 bits per heavy atom. The first-order chi connectivity index (χ1) is 11.9. The molecule has 0 aromatic heterocycles. The summed E-state index contributed by atoms with van der Waals surface area (Å²) in [5.41, 5.74) is 1.01. The number of nitrogens with zero attached hydrogens (tertiary/aromatic N) is 1. The van der Waals surface area contributed by atoms with E-state index in [-0.39, 0.29) is 23.0 Å². The topological polar surface area (TPSA) is 63.7 Å². The molecule has 0 saturated carbocycles. The van der Waals surface area contributed by atoms with Crippen molar-refractivity contribution in [3.8, 4) is 0 Å². The number of carbonyl (C=O) groups excluding carboxylic acids is 1. The molecule has 1 aliphatic heterocycles. The zero-order valence-electron chi connectivity index (χ0n) is 14.8. The van der Waals surface area contributed by atoms with E-state index in [9.17, 15) is 13.2 Å². The number of ether oxygens (including phenoxy) is 1. The van der Waals surface area contributed by atoms with Gasteiger partial charge in [0.25, 0.3) is 0 Å². The highest BCUT2D eigenvalue weighted by atomic mass is 32.2. The van der Waals surface area contributed by atoms with Crippen LogP contribution in [0.5, 0.6) is 0 Å². The normalized spacial score (nSPS) is 16.0. The van der Waals surface area contributed by atoms with Gasteiger partial charge in [0.2, 0.25) is 5.91 Å². The molecule has 1 aromatic carbocycles. The monoisotopic (exact) mass is 365 g/mol. The van der Waals surface area contributed by atoms with E-state index >= 15 is 0 Å². The summed E-state index contributed by atoms with van der Waals surface area (Å²) < 4.78 is 30.1. The van der Waals surface area contributed by atoms with Gasteiger partial charge < -0.3 is 9.64 Å². The predicted molar refractivity (Wildman–Crippen MR) is 98.2 cm³/mol. The van der Waals surface area contributed by atoms with Gasteiger partial charge in [0.15, 0.2) is 9.84 Å². The first-order valence-electron chi connectivity index (χ1n) is 8.68. The first-order valence-corrected chi connectivity index (χ1v) is 10.3. The number of hydrogen-bond donors (Lipinski definition) is 0. The minimum atomic E-state index is -3.41. The van der Waals surface area contributed by atoms with Crippen LogP contribution in [0.15, 0.2) is 41.8 Å². The van der Waals surface area contributed by atoms with Crippen LogP contribution in [0.25, 0.3) is 0 Å². The summed E-state index contributed by atoms with van der Waals surface area (Å²) in [4.78, 5) is 14.4. The number of hydrogen-bond acceptors (Lipinski definition) is 4. The smallest absolute Gasteiger partial charge is 0.223 e. The summed E-state index contributed by atoms with van der Waals surface area (Å²) in [6.07, 6.45) is 3.56. The summed E-state index contributed by atoms with van der Waals surface area (Å²) in [5, 5.41) is 0. The molecule has 138 valence electrons. The zero-order valence-corrected chi connectivity index (χ0v) is 15.6. The van der Waals surface area contributed by atoms with Crippen LogP contribution in [-0.4, -0.2) is 51.3 Å². The average Bonchev–Trinajstić information content (AvgIpc) is 2.61. The zero-order chi connectivity index (χ0) is 18.3. The van der Waals surface area contributed by atoms with Gasteiger partial charge in [-0.15, -0.1) is 6.58 Å². The van der Waals surface area contributed by atoms with Crippen LogP contribution < -0.4 is 0 Å². The summed E-state index contributed by atoms with van der Waals surface area (Å²) in [7, 11) is -3.41. The van der Waals surface area contributed by atoms with Crippen LogP contribution >= 0.6 is 0 Å². The number of piperidine rings is 1. The number of aryl methyl sites for hydroxylation is 1. The van der Waals surface area contributed by atoms with Gasteiger partial charge in [0.1, 0.15) is 0 Å². The molecule has 1 saturated heterocycles. The lowest BCUT2D eigenvalue weighted by Gasteiger charge is -2.31. The van der Waals surface area contributed by atoms with Gasteiger partial charge in [-0.05, 0) is 37.8 Å². The molecule has 1 fully saturated rings. The Morgan fingerprint density at radius 2 is 1.92 bits per heavy atom. The summed E-state index contributed by atoms with van der Waals surface area (Å²) in [6.45, 7) is 8.11. The number of rotatable bonds is 8. The number of benzene rings is 1. The number of sulfone groups is 1. The van der Waals surface area contributed by atoms with Gasteiger partial charge in [0.05, 0.1) is 17.3 Å². The molecule has 0 unspecified atom stereocenters. The Labute approximate surface area is 150 Å². The van der Waals surface area contributed by atoms with Gasteiger partial charge in [-0.1, -0.05) is 23.8 Å². The number of amides is 1. The third kappa shape index (κ3) is 5.97. The summed E-state index contributed by atoms with van der Waals surface area (Å²) >= 11 is 0. The molecule has 0 bridgehead atoms. The Hall–Kier alpha value is -1.66. The maximum Gasteiger partial charge on any atom is 0.223 e. The number of carbonyl (C=O) groups is 1. The molecule has 0 aliphatic carbocycles. The highest BCUT2D eigenvalue weighted by Crippen LogP contribution is 2.19. The molecule has 0 spiro atoms. The quantitative estimate of drug-likeness (QED) is 0.525. The molecule has 1 aliphatic rings. The van der Waals surface area contributed by atoms with Crippen molar-refractivity contribution in [3.63, 3.8) is 0 Å². The van der Waals surface area contributed by atoms with Crippen molar-refractivity contribution in [1.82, 2.24) is 4.90 Å². The molecular formula is C19H27NO4S. The van der Waals surface area contributed by atoms with Crippen LogP contribution in [-0.2, 0) is 19.4 Å². The van der Waals surface area contributed by atoms with Crippen molar-refractivity contribution in [2.75, 3.05) is 32.1 Å². The van der Waals surface area contributed by atoms with Gasteiger partial charge in [-0.25, -0.2) is 8.42 Å². The fourth-order valence-corrected chi connectivity index (χ4v) is 4.14. The van der Waals surface area contributed by atoms with Crippen LogP contribution in [0.3, 0.4) is 0 Å². The molecule has 0 N–H and O–H groups in total. The lowest BCUT2D eigenvalue weighted by Crippen LogP contribution is -2.40. The Bertz CT molecular complexity index is 674. The van der Waals surface area contributed by atoms with Crippen LogP contribution in [0.1, 0.15) is 24.8 Å². The van der Waals surface area contributed by atoms with E-state index in [1.807, 2.05) is 6.92 Å². The minimum Gasteiger partial charge on any atom is -0.377 e. The van der Waals surface area contributed by atoms with Crippen LogP contribution in [0.2, 0.25) is 0 Å². The third-order valence-electron chi connectivity index (χ3n) is 4.52. The van der Waals surface area contributed by atoms with Crippen LogP contribution in [0.4, 0.5) is 0 Å². The van der Waals surface area contributed by atoms with Gasteiger partial charge >= 0.3 is 0 Å². The Balaban J connectivity index is 1.79. The highest BCUT2D eigenvalue weighted by molar-refractivity contribution is 7.91. The van der Waals surface area contributed by atoms with Crippen molar-refractivity contribution in [3.05, 3.63) is 42.5 Å². The van der Waals surface area contributed by atoms with Gasteiger partial charge in [-0.3, -0.25) is 4.79 Å². The number of likely N-dealkylation sites (tertiary alicyclic amines) is 1. The molecule has 1 heterocycles. The van der Waals surface area contributed by atoms with Gasteiger partial charge in [-0.2, -0.15) is 0 Å². The molecule has 1 aromatic rings. The third-order valence-corrected chi connectivity index (χ3v) is 6.25. The molecule has 0 radical (unpaired) electrons. The van der Waals surface area contributed by atoms with Crippen molar-refractivity contribution < 1.29 is 17.9 Å². The molecular weight excluding hydrogens is 338 g/mol. The van der Waals surface area contributed by atoms with E-state index in [2.05, 4.69) is 6.58 Å².